The number of hydrogen-bond acceptors (Lipinski definition) is 2. The molecule has 0 aromatic rings. The Morgan fingerprint density at radius 2 is 2.29 bits per heavy atom. The standard InChI is InChI=1S/C5H6O2/c1-5(7)3-2-4-6/h2-4,7H,1H2. The van der Waals surface area contributed by atoms with Crippen LogP contribution in [0.15, 0.2) is 24.5 Å². The second-order valence-corrected chi connectivity index (χ2v) is 0.987. The Morgan fingerprint density at radius 3 is 2.43 bits per heavy atom. The molecule has 0 bridgehead atoms. The van der Waals surface area contributed by atoms with Crippen molar-refractivity contribution < 1.29 is 9.90 Å². The van der Waals surface area contributed by atoms with Gasteiger partial charge in [-0.05, 0) is 12.2 Å². The summed E-state index contributed by atoms with van der Waals surface area (Å²) in [6, 6.07) is 0. The predicted molar refractivity (Wildman–Crippen MR) is 27.0 cm³/mol. The van der Waals surface area contributed by atoms with Crippen LogP contribution in [0.2, 0.25) is 0 Å². The monoisotopic (exact) mass is 98.0 g/mol. The van der Waals surface area contributed by atoms with E-state index in [2.05, 4.69) is 6.58 Å². The molecule has 0 aliphatic rings. The number of aliphatic hydroxyl groups excluding tert-OH is 1. The molecule has 0 heterocycles. The molecule has 0 aliphatic heterocycles. The average Bonchev–Trinajstić information content (AvgIpc) is 1.61. The molecule has 0 amide bonds. The maximum absolute atomic E-state index is 9.47. The van der Waals surface area contributed by atoms with Crippen LogP contribution in [0, 0.1) is 0 Å². The molecule has 0 fully saturated rings. The zero-order valence-electron chi connectivity index (χ0n) is 3.79. The lowest BCUT2D eigenvalue weighted by Gasteiger charge is -1.76. The van der Waals surface area contributed by atoms with Crippen molar-refractivity contribution in [2.75, 3.05) is 0 Å². The van der Waals surface area contributed by atoms with Gasteiger partial charge in [0, 0.05) is 0 Å². The Bertz CT molecular complexity index is 103. The Labute approximate surface area is 41.8 Å². The van der Waals surface area contributed by atoms with Gasteiger partial charge in [-0.2, -0.15) is 0 Å². The quantitative estimate of drug-likeness (QED) is 0.240. The minimum absolute atomic E-state index is 0.105. The fraction of sp³-hybridized carbons (Fsp3) is 0. The lowest BCUT2D eigenvalue weighted by molar-refractivity contribution is -0.104. The summed E-state index contributed by atoms with van der Waals surface area (Å²) < 4.78 is 0. The summed E-state index contributed by atoms with van der Waals surface area (Å²) in [4.78, 5) is 9.47. The highest BCUT2D eigenvalue weighted by molar-refractivity contribution is 5.65. The van der Waals surface area contributed by atoms with E-state index in [1.807, 2.05) is 0 Å². The van der Waals surface area contributed by atoms with Gasteiger partial charge in [-0.15, -0.1) is 0 Å². The highest BCUT2D eigenvalue weighted by Gasteiger charge is 1.70. The van der Waals surface area contributed by atoms with Crippen molar-refractivity contribution in [1.82, 2.24) is 0 Å². The lowest BCUT2D eigenvalue weighted by atomic mass is 10.5. The largest absolute Gasteiger partial charge is 0.509 e. The first kappa shape index (κ1) is 5.95. The molecule has 1 N–H and O–H groups in total. The van der Waals surface area contributed by atoms with Gasteiger partial charge in [0.1, 0.15) is 12.0 Å². The van der Waals surface area contributed by atoms with E-state index in [1.54, 1.807) is 0 Å². The lowest BCUT2D eigenvalue weighted by Crippen LogP contribution is -1.66. The highest BCUT2D eigenvalue weighted by atomic mass is 16.3. The van der Waals surface area contributed by atoms with E-state index >= 15 is 0 Å². The minimum atomic E-state index is -0.105. The molecule has 0 atom stereocenters. The Morgan fingerprint density at radius 1 is 1.71 bits per heavy atom. The molecule has 0 radical (unpaired) electrons. The number of rotatable bonds is 2. The molecule has 0 rings (SSSR count). The first-order chi connectivity index (χ1) is 3.27. The first-order valence-corrected chi connectivity index (χ1v) is 1.77. The number of allylic oxidation sites excluding steroid dienone is 2. The van der Waals surface area contributed by atoms with E-state index in [-0.39, 0.29) is 5.76 Å². The van der Waals surface area contributed by atoms with Gasteiger partial charge in [-0.3, -0.25) is 4.79 Å². The second kappa shape index (κ2) is 3.15. The van der Waals surface area contributed by atoms with Gasteiger partial charge in [0.2, 0.25) is 0 Å². The number of aldehydes is 1. The van der Waals surface area contributed by atoms with Crippen LogP contribution in [-0.4, -0.2) is 11.4 Å². The average molecular weight is 98.1 g/mol. The molecule has 0 saturated heterocycles. The van der Waals surface area contributed by atoms with E-state index in [0.29, 0.717) is 6.29 Å². The number of carbonyl (C=O) groups excluding carboxylic acids is 1. The minimum Gasteiger partial charge on any atom is -0.509 e. The van der Waals surface area contributed by atoms with Crippen molar-refractivity contribution in [2.45, 2.75) is 0 Å². The van der Waals surface area contributed by atoms with Gasteiger partial charge >= 0.3 is 0 Å². The summed E-state index contributed by atoms with van der Waals surface area (Å²) in [5.41, 5.74) is 0. The van der Waals surface area contributed by atoms with Gasteiger partial charge < -0.3 is 5.11 Å². The number of aliphatic hydroxyl groups is 1. The van der Waals surface area contributed by atoms with Crippen LogP contribution < -0.4 is 0 Å². The first-order valence-electron chi connectivity index (χ1n) is 1.77. The van der Waals surface area contributed by atoms with Crippen molar-refractivity contribution in [3.63, 3.8) is 0 Å². The van der Waals surface area contributed by atoms with Crippen molar-refractivity contribution in [3.05, 3.63) is 24.5 Å². The normalized spacial score (nSPS) is 9.14. The van der Waals surface area contributed by atoms with Crippen molar-refractivity contribution >= 4 is 6.29 Å². The van der Waals surface area contributed by atoms with Gasteiger partial charge in [-0.1, -0.05) is 6.58 Å². The van der Waals surface area contributed by atoms with Crippen LogP contribution in [0.25, 0.3) is 0 Å². The third-order valence-corrected chi connectivity index (χ3v) is 0.367. The fourth-order valence-corrected chi connectivity index (χ4v) is 0.150. The van der Waals surface area contributed by atoms with Gasteiger partial charge in [0.05, 0.1) is 0 Å². The van der Waals surface area contributed by atoms with Gasteiger partial charge in [-0.25, -0.2) is 0 Å². The molecule has 0 unspecified atom stereocenters. The molecule has 0 spiro atoms. The zero-order valence-corrected chi connectivity index (χ0v) is 3.79. The maximum Gasteiger partial charge on any atom is 0.142 e. The molecular formula is C5H6O2. The number of hydrogen-bond donors (Lipinski definition) is 1. The van der Waals surface area contributed by atoms with Crippen molar-refractivity contribution in [3.8, 4) is 0 Å². The SMILES string of the molecule is C=C(O)C=CC=O. The van der Waals surface area contributed by atoms with Crippen molar-refractivity contribution in [2.24, 2.45) is 0 Å². The Hall–Kier alpha value is -1.05. The van der Waals surface area contributed by atoms with Crippen LogP contribution in [0.3, 0.4) is 0 Å². The molecule has 0 aromatic carbocycles. The molecule has 7 heavy (non-hydrogen) atoms. The van der Waals surface area contributed by atoms with E-state index in [4.69, 9.17) is 5.11 Å². The van der Waals surface area contributed by atoms with E-state index in [0.717, 1.165) is 0 Å². The molecule has 2 nitrogen and oxygen atoms in total. The summed E-state index contributed by atoms with van der Waals surface area (Å²) in [7, 11) is 0. The summed E-state index contributed by atoms with van der Waals surface area (Å²) in [6.07, 6.45) is 2.96. The highest BCUT2D eigenvalue weighted by Crippen LogP contribution is 1.79. The van der Waals surface area contributed by atoms with Crippen LogP contribution in [0.5, 0.6) is 0 Å². The van der Waals surface area contributed by atoms with Crippen molar-refractivity contribution in [1.29, 1.82) is 0 Å². The van der Waals surface area contributed by atoms with E-state index in [1.165, 1.54) is 12.2 Å². The third kappa shape index (κ3) is 4.95. The van der Waals surface area contributed by atoms with E-state index in [9.17, 15) is 4.79 Å². The zero-order chi connectivity index (χ0) is 5.70. The summed E-state index contributed by atoms with van der Waals surface area (Å²) in [6.45, 7) is 3.10. The molecule has 38 valence electrons. The Kier molecular flexibility index (Phi) is 2.68. The van der Waals surface area contributed by atoms with Crippen LogP contribution in [0.4, 0.5) is 0 Å². The summed E-state index contributed by atoms with van der Waals surface area (Å²) in [5, 5.41) is 8.24. The van der Waals surface area contributed by atoms with Crippen LogP contribution in [0.1, 0.15) is 0 Å². The van der Waals surface area contributed by atoms with Crippen LogP contribution >= 0.6 is 0 Å². The summed E-state index contributed by atoms with van der Waals surface area (Å²) >= 11 is 0. The molecule has 0 saturated carbocycles. The smallest absolute Gasteiger partial charge is 0.142 e. The van der Waals surface area contributed by atoms with E-state index < -0.39 is 0 Å². The maximum atomic E-state index is 9.47. The predicted octanol–water partition coefficient (Wildman–Crippen LogP) is 0.813. The van der Waals surface area contributed by atoms with Crippen LogP contribution in [-0.2, 0) is 4.79 Å². The Balaban J connectivity index is 3.46. The summed E-state index contributed by atoms with van der Waals surface area (Å²) in [5.74, 6) is -0.105. The number of carbonyl (C=O) groups is 1. The second-order valence-electron chi connectivity index (χ2n) is 0.987. The third-order valence-electron chi connectivity index (χ3n) is 0.367. The van der Waals surface area contributed by atoms with Gasteiger partial charge in [0.25, 0.3) is 0 Å². The molecular weight excluding hydrogens is 92.1 g/mol. The molecule has 2 heteroatoms. The molecule has 0 aliphatic carbocycles. The topological polar surface area (TPSA) is 37.3 Å². The fourth-order valence-electron chi connectivity index (χ4n) is 0.150. The molecule has 0 aromatic heterocycles. The van der Waals surface area contributed by atoms with Gasteiger partial charge in [0.15, 0.2) is 0 Å².